The zero-order valence-corrected chi connectivity index (χ0v) is 5.96. The van der Waals surface area contributed by atoms with E-state index in [0.29, 0.717) is 0 Å². The summed E-state index contributed by atoms with van der Waals surface area (Å²) in [6.45, 7) is 3.33. The van der Waals surface area contributed by atoms with E-state index in [1.807, 2.05) is 0 Å². The van der Waals surface area contributed by atoms with Crippen molar-refractivity contribution in [3.63, 3.8) is 0 Å². The molecule has 0 saturated carbocycles. The van der Waals surface area contributed by atoms with Gasteiger partial charge in [0.15, 0.2) is 0 Å². The van der Waals surface area contributed by atoms with Crippen LogP contribution < -0.4 is 0 Å². The molecule has 0 unspecified atom stereocenters. The highest BCUT2D eigenvalue weighted by atomic mass is 16.3. The molecule has 0 aromatic heterocycles. The van der Waals surface area contributed by atoms with Crippen molar-refractivity contribution in [2.45, 2.75) is 20.3 Å². The second-order valence-corrected chi connectivity index (χ2v) is 2.28. The third kappa shape index (κ3) is 3.06. The van der Waals surface area contributed by atoms with Crippen molar-refractivity contribution in [3.8, 4) is 0 Å². The lowest BCUT2D eigenvalue weighted by molar-refractivity contribution is -0.128. The molecule has 0 aromatic carbocycles. The zero-order chi connectivity index (χ0) is 8.15. The molecular weight excluding hydrogens is 134 g/mol. The van der Waals surface area contributed by atoms with Crippen LogP contribution in [0.25, 0.3) is 0 Å². The second kappa shape index (κ2) is 3.87. The van der Waals surface area contributed by atoms with Gasteiger partial charge in [-0.15, -0.1) is 4.91 Å². The summed E-state index contributed by atoms with van der Waals surface area (Å²) in [4.78, 5) is 30.4. The highest BCUT2D eigenvalue weighted by molar-refractivity contribution is 5.99. The summed E-state index contributed by atoms with van der Waals surface area (Å²) >= 11 is 0. The van der Waals surface area contributed by atoms with Crippen LogP contribution in [0, 0.1) is 10.8 Å². The van der Waals surface area contributed by atoms with E-state index in [1.54, 1.807) is 13.8 Å². The predicted molar refractivity (Wildman–Crippen MR) is 35.3 cm³/mol. The summed E-state index contributed by atoms with van der Waals surface area (Å²) in [7, 11) is 0. The van der Waals surface area contributed by atoms with Crippen molar-refractivity contribution < 1.29 is 9.59 Å². The highest BCUT2D eigenvalue weighted by Gasteiger charge is 2.12. The average molecular weight is 143 g/mol. The molecule has 4 heteroatoms. The molecular formula is C6H9NO3. The monoisotopic (exact) mass is 143 g/mol. The first-order valence-electron chi connectivity index (χ1n) is 2.96. The molecule has 0 aliphatic rings. The Kier molecular flexibility index (Phi) is 3.46. The normalized spacial score (nSPS) is 9.50. The zero-order valence-electron chi connectivity index (χ0n) is 5.96. The van der Waals surface area contributed by atoms with E-state index in [1.165, 1.54) is 0 Å². The Bertz CT molecular complexity index is 162. The molecule has 0 radical (unpaired) electrons. The first-order valence-corrected chi connectivity index (χ1v) is 2.96. The summed E-state index contributed by atoms with van der Waals surface area (Å²) in [5.74, 6) is -1.34. The van der Waals surface area contributed by atoms with Gasteiger partial charge in [-0.3, -0.25) is 9.59 Å². The maximum Gasteiger partial charge on any atom is 0.293 e. The number of ketones is 1. The summed E-state index contributed by atoms with van der Waals surface area (Å²) in [5.41, 5.74) is 0. The number of amides is 1. The molecule has 0 aliphatic heterocycles. The Balaban J connectivity index is 3.80. The van der Waals surface area contributed by atoms with Crippen LogP contribution in [0.3, 0.4) is 0 Å². The van der Waals surface area contributed by atoms with E-state index in [0.717, 1.165) is 0 Å². The molecule has 0 heterocycles. The van der Waals surface area contributed by atoms with E-state index in [4.69, 9.17) is 0 Å². The minimum atomic E-state index is -0.890. The molecule has 0 aliphatic carbocycles. The largest absolute Gasteiger partial charge is 0.299 e. The van der Waals surface area contributed by atoms with Crippen molar-refractivity contribution in [2.24, 2.45) is 11.1 Å². The molecule has 0 N–H and O–H groups in total. The number of Topliss-reactive ketones (excluding diaryl/α,β-unsaturated/α-hetero) is 1. The maximum atomic E-state index is 10.7. The SMILES string of the molecule is CC(C)C(=O)CC(=O)N=O. The van der Waals surface area contributed by atoms with Crippen molar-refractivity contribution in [1.82, 2.24) is 0 Å². The van der Waals surface area contributed by atoms with E-state index < -0.39 is 5.91 Å². The van der Waals surface area contributed by atoms with Gasteiger partial charge in [-0.05, 0) is 0 Å². The number of nitroso groups, excluding NO2 is 1. The minimum absolute atomic E-state index is 0.203. The molecule has 56 valence electrons. The van der Waals surface area contributed by atoms with Crippen LogP contribution in [0.1, 0.15) is 20.3 Å². The Morgan fingerprint density at radius 3 is 2.20 bits per heavy atom. The number of carbonyl (C=O) groups is 2. The molecule has 4 nitrogen and oxygen atoms in total. The van der Waals surface area contributed by atoms with Crippen LogP contribution in [0.5, 0.6) is 0 Å². The fourth-order valence-electron chi connectivity index (χ4n) is 0.385. The summed E-state index contributed by atoms with van der Waals surface area (Å²) < 4.78 is 0. The molecule has 0 rings (SSSR count). The number of carbonyl (C=O) groups excluding carboxylic acids is 2. The van der Waals surface area contributed by atoms with Crippen LogP contribution >= 0.6 is 0 Å². The molecule has 10 heavy (non-hydrogen) atoms. The van der Waals surface area contributed by atoms with Crippen LogP contribution in [0.15, 0.2) is 5.18 Å². The Morgan fingerprint density at radius 2 is 1.90 bits per heavy atom. The third-order valence-electron chi connectivity index (χ3n) is 1.07. The molecule has 1 amide bonds. The van der Waals surface area contributed by atoms with Gasteiger partial charge in [-0.1, -0.05) is 13.8 Å². The van der Waals surface area contributed by atoms with Gasteiger partial charge in [0.2, 0.25) is 0 Å². The standard InChI is InChI=1S/C6H9NO3/c1-4(2)5(8)3-6(9)7-10/h4H,3H2,1-2H3. The first kappa shape index (κ1) is 8.94. The lowest BCUT2D eigenvalue weighted by Crippen LogP contribution is -2.11. The molecule has 0 atom stereocenters. The smallest absolute Gasteiger partial charge is 0.293 e. The van der Waals surface area contributed by atoms with Crippen LogP contribution in [-0.4, -0.2) is 11.7 Å². The fraction of sp³-hybridized carbons (Fsp3) is 0.667. The number of nitrogens with zero attached hydrogens (tertiary/aromatic N) is 1. The van der Waals surface area contributed by atoms with Crippen molar-refractivity contribution in [2.75, 3.05) is 0 Å². The highest BCUT2D eigenvalue weighted by Crippen LogP contribution is 1.99. The lowest BCUT2D eigenvalue weighted by Gasteiger charge is -1.97. The average Bonchev–Trinajstić information content (AvgIpc) is 1.87. The van der Waals surface area contributed by atoms with Gasteiger partial charge in [-0.25, -0.2) is 0 Å². The van der Waals surface area contributed by atoms with Gasteiger partial charge in [0.05, 0.1) is 6.42 Å². The van der Waals surface area contributed by atoms with Gasteiger partial charge >= 0.3 is 0 Å². The Labute approximate surface area is 58.6 Å². The summed E-state index contributed by atoms with van der Waals surface area (Å²) in [6, 6.07) is 0. The number of hydrogen-bond donors (Lipinski definition) is 0. The molecule has 0 saturated heterocycles. The van der Waals surface area contributed by atoms with E-state index in [9.17, 15) is 14.5 Å². The van der Waals surface area contributed by atoms with Gasteiger partial charge in [0.1, 0.15) is 5.78 Å². The maximum absolute atomic E-state index is 10.7. The lowest BCUT2D eigenvalue weighted by atomic mass is 10.1. The summed E-state index contributed by atoms with van der Waals surface area (Å²) in [5, 5.41) is 2.10. The van der Waals surface area contributed by atoms with Gasteiger partial charge in [-0.2, -0.15) is 0 Å². The van der Waals surface area contributed by atoms with E-state index in [-0.39, 0.29) is 18.1 Å². The third-order valence-corrected chi connectivity index (χ3v) is 1.07. The van der Waals surface area contributed by atoms with Gasteiger partial charge < -0.3 is 0 Å². The second-order valence-electron chi connectivity index (χ2n) is 2.28. The van der Waals surface area contributed by atoms with E-state index >= 15 is 0 Å². The van der Waals surface area contributed by atoms with Crippen molar-refractivity contribution in [3.05, 3.63) is 4.91 Å². The number of rotatable bonds is 3. The van der Waals surface area contributed by atoms with Crippen LogP contribution in [0.2, 0.25) is 0 Å². The van der Waals surface area contributed by atoms with Crippen LogP contribution in [0.4, 0.5) is 0 Å². The minimum Gasteiger partial charge on any atom is -0.299 e. The first-order chi connectivity index (χ1) is 4.57. The van der Waals surface area contributed by atoms with Gasteiger partial charge in [0, 0.05) is 11.1 Å². The van der Waals surface area contributed by atoms with Gasteiger partial charge in [0.25, 0.3) is 5.91 Å². The summed E-state index contributed by atoms with van der Waals surface area (Å²) in [6.07, 6.45) is -0.360. The Morgan fingerprint density at radius 1 is 1.40 bits per heavy atom. The predicted octanol–water partition coefficient (Wildman–Crippen LogP) is 0.895. The van der Waals surface area contributed by atoms with Crippen molar-refractivity contribution >= 4 is 11.7 Å². The quantitative estimate of drug-likeness (QED) is 0.435. The van der Waals surface area contributed by atoms with Crippen molar-refractivity contribution in [1.29, 1.82) is 0 Å². The van der Waals surface area contributed by atoms with E-state index in [2.05, 4.69) is 5.18 Å². The number of hydrogen-bond acceptors (Lipinski definition) is 3. The molecule has 0 spiro atoms. The molecule has 0 fully saturated rings. The van der Waals surface area contributed by atoms with Crippen LogP contribution in [-0.2, 0) is 9.59 Å². The topological polar surface area (TPSA) is 63.6 Å². The molecule has 0 aromatic rings. The Hall–Kier alpha value is -1.06. The molecule has 0 bridgehead atoms. The fourth-order valence-corrected chi connectivity index (χ4v) is 0.385.